The number of pyridine rings is 1. The Morgan fingerprint density at radius 1 is 1.10 bits per heavy atom. The van der Waals surface area contributed by atoms with Crippen LogP contribution >= 0.6 is 27.7 Å². The second-order valence-electron chi connectivity index (χ2n) is 4.74. The minimum Gasteiger partial charge on any atom is -0.387 e. The summed E-state index contributed by atoms with van der Waals surface area (Å²) >= 11 is 5.06. The van der Waals surface area contributed by atoms with Gasteiger partial charge in [-0.2, -0.15) is 0 Å². The Labute approximate surface area is 136 Å². The molecule has 1 unspecified atom stereocenters. The molecule has 3 aromatic rings. The molecule has 0 radical (unpaired) electrons. The molecule has 0 fully saturated rings. The zero-order valence-electron chi connectivity index (χ0n) is 11.2. The number of aromatic nitrogens is 1. The van der Waals surface area contributed by atoms with Crippen molar-refractivity contribution >= 4 is 38.6 Å². The van der Waals surface area contributed by atoms with E-state index in [9.17, 15) is 5.11 Å². The van der Waals surface area contributed by atoms with E-state index in [1.54, 1.807) is 18.0 Å². The normalized spacial score (nSPS) is 12.5. The number of para-hydroxylation sites is 1. The Morgan fingerprint density at radius 3 is 2.67 bits per heavy atom. The molecule has 2 aromatic carbocycles. The van der Waals surface area contributed by atoms with Crippen LogP contribution < -0.4 is 0 Å². The molecular formula is C17H14BrNOS. The molecule has 0 aliphatic heterocycles. The molecular weight excluding hydrogens is 346 g/mol. The first-order valence-electron chi connectivity index (χ1n) is 6.63. The third-order valence-electron chi connectivity index (χ3n) is 3.22. The van der Waals surface area contributed by atoms with E-state index in [-0.39, 0.29) is 0 Å². The summed E-state index contributed by atoms with van der Waals surface area (Å²) in [7, 11) is 0. The summed E-state index contributed by atoms with van der Waals surface area (Å²) in [4.78, 5) is 5.54. The highest BCUT2D eigenvalue weighted by Crippen LogP contribution is 2.26. The Morgan fingerprint density at radius 2 is 1.86 bits per heavy atom. The van der Waals surface area contributed by atoms with Crippen LogP contribution in [0, 0.1) is 0 Å². The van der Waals surface area contributed by atoms with Gasteiger partial charge in [-0.15, -0.1) is 11.8 Å². The number of halogens is 1. The summed E-state index contributed by atoms with van der Waals surface area (Å²) in [5.41, 5.74) is 1.81. The van der Waals surface area contributed by atoms with Gasteiger partial charge in [0, 0.05) is 32.3 Å². The molecule has 4 heteroatoms. The van der Waals surface area contributed by atoms with Gasteiger partial charge in [0.05, 0.1) is 11.6 Å². The Bertz CT molecular complexity index is 745. The number of aliphatic hydroxyl groups is 1. The Hall–Kier alpha value is -1.36. The van der Waals surface area contributed by atoms with Crippen LogP contribution in [-0.4, -0.2) is 15.8 Å². The number of hydrogen-bond acceptors (Lipinski definition) is 3. The van der Waals surface area contributed by atoms with Crippen molar-refractivity contribution in [2.75, 3.05) is 5.75 Å². The first-order chi connectivity index (χ1) is 10.2. The number of nitrogens with zero attached hydrogens (tertiary/aromatic N) is 1. The van der Waals surface area contributed by atoms with E-state index in [0.717, 1.165) is 25.8 Å². The van der Waals surface area contributed by atoms with Crippen molar-refractivity contribution in [1.29, 1.82) is 0 Å². The van der Waals surface area contributed by atoms with Crippen molar-refractivity contribution in [2.45, 2.75) is 11.0 Å². The third-order valence-corrected chi connectivity index (χ3v) is 4.83. The fraction of sp³-hybridized carbons (Fsp3) is 0.118. The summed E-state index contributed by atoms with van der Waals surface area (Å²) in [6.45, 7) is 0. The summed E-state index contributed by atoms with van der Waals surface area (Å²) in [5, 5.41) is 11.4. The predicted octanol–water partition coefficient (Wildman–Crippen LogP) is 4.82. The zero-order valence-corrected chi connectivity index (χ0v) is 13.6. The lowest BCUT2D eigenvalue weighted by molar-refractivity contribution is 0.204. The van der Waals surface area contributed by atoms with Crippen molar-refractivity contribution in [3.8, 4) is 0 Å². The highest BCUT2D eigenvalue weighted by molar-refractivity contribution is 9.10. The molecule has 3 rings (SSSR count). The van der Waals surface area contributed by atoms with Gasteiger partial charge in [0.25, 0.3) is 0 Å². The zero-order chi connectivity index (χ0) is 14.7. The standard InChI is InChI=1S/C17H14BrNOS/c18-14-5-7-15(8-6-14)21-11-17(20)13-9-12-3-1-2-4-16(12)19-10-13/h1-10,17,20H,11H2. The van der Waals surface area contributed by atoms with Crippen LogP contribution in [0.2, 0.25) is 0 Å². The minimum atomic E-state index is -0.518. The van der Waals surface area contributed by atoms with E-state index in [0.29, 0.717) is 5.75 Å². The second kappa shape index (κ2) is 6.60. The van der Waals surface area contributed by atoms with E-state index >= 15 is 0 Å². The fourth-order valence-corrected chi connectivity index (χ4v) is 3.21. The Balaban J connectivity index is 1.71. The number of fused-ring (bicyclic) bond motifs is 1. The van der Waals surface area contributed by atoms with Gasteiger partial charge >= 0.3 is 0 Å². The molecule has 1 N–H and O–H groups in total. The fourth-order valence-electron chi connectivity index (χ4n) is 2.07. The van der Waals surface area contributed by atoms with Crippen LogP contribution in [0.5, 0.6) is 0 Å². The van der Waals surface area contributed by atoms with Crippen molar-refractivity contribution in [1.82, 2.24) is 4.98 Å². The van der Waals surface area contributed by atoms with Crippen molar-refractivity contribution in [3.05, 3.63) is 70.8 Å². The highest BCUT2D eigenvalue weighted by Gasteiger charge is 2.09. The maximum absolute atomic E-state index is 10.3. The van der Waals surface area contributed by atoms with Crippen molar-refractivity contribution < 1.29 is 5.11 Å². The van der Waals surface area contributed by atoms with Gasteiger partial charge in [-0.25, -0.2) is 0 Å². The van der Waals surface area contributed by atoms with Gasteiger partial charge in [0.15, 0.2) is 0 Å². The third kappa shape index (κ3) is 3.64. The molecule has 0 saturated heterocycles. The smallest absolute Gasteiger partial charge is 0.0898 e. The molecule has 0 aliphatic rings. The lowest BCUT2D eigenvalue weighted by Gasteiger charge is -2.11. The molecule has 21 heavy (non-hydrogen) atoms. The van der Waals surface area contributed by atoms with E-state index in [1.165, 1.54) is 0 Å². The van der Waals surface area contributed by atoms with Crippen LogP contribution in [0.1, 0.15) is 11.7 Å². The molecule has 1 atom stereocenters. The summed E-state index contributed by atoms with van der Waals surface area (Å²) < 4.78 is 1.06. The molecule has 0 saturated carbocycles. The van der Waals surface area contributed by atoms with Gasteiger partial charge < -0.3 is 5.11 Å². The molecule has 0 bridgehead atoms. The predicted molar refractivity (Wildman–Crippen MR) is 91.6 cm³/mol. The van der Waals surface area contributed by atoms with Crippen LogP contribution in [0.3, 0.4) is 0 Å². The average Bonchev–Trinajstić information content (AvgIpc) is 2.53. The second-order valence-corrected chi connectivity index (χ2v) is 6.75. The molecule has 0 amide bonds. The van der Waals surface area contributed by atoms with Crippen molar-refractivity contribution in [3.63, 3.8) is 0 Å². The van der Waals surface area contributed by atoms with Crippen molar-refractivity contribution in [2.24, 2.45) is 0 Å². The molecule has 1 aromatic heterocycles. The van der Waals surface area contributed by atoms with E-state index in [1.807, 2.05) is 54.6 Å². The van der Waals surface area contributed by atoms with Crippen LogP contribution in [0.4, 0.5) is 0 Å². The van der Waals surface area contributed by atoms with Crippen LogP contribution in [0.25, 0.3) is 10.9 Å². The topological polar surface area (TPSA) is 33.1 Å². The van der Waals surface area contributed by atoms with E-state index < -0.39 is 6.10 Å². The van der Waals surface area contributed by atoms with E-state index in [4.69, 9.17) is 0 Å². The average molecular weight is 360 g/mol. The number of thioether (sulfide) groups is 1. The first-order valence-corrected chi connectivity index (χ1v) is 8.41. The monoisotopic (exact) mass is 359 g/mol. The summed E-state index contributed by atoms with van der Waals surface area (Å²) in [5.74, 6) is 0.613. The first kappa shape index (κ1) is 14.6. The quantitative estimate of drug-likeness (QED) is 0.677. The number of aliphatic hydroxyl groups excluding tert-OH is 1. The minimum absolute atomic E-state index is 0.518. The van der Waals surface area contributed by atoms with Crippen LogP contribution in [-0.2, 0) is 0 Å². The van der Waals surface area contributed by atoms with Gasteiger partial charge in [0.2, 0.25) is 0 Å². The van der Waals surface area contributed by atoms with Gasteiger partial charge in [-0.1, -0.05) is 34.1 Å². The number of benzene rings is 2. The molecule has 106 valence electrons. The molecule has 1 heterocycles. The van der Waals surface area contributed by atoms with Gasteiger partial charge in [-0.3, -0.25) is 4.98 Å². The summed E-state index contributed by atoms with van der Waals surface area (Å²) in [6, 6.07) is 18.0. The molecule has 2 nitrogen and oxygen atoms in total. The molecule has 0 spiro atoms. The SMILES string of the molecule is OC(CSc1ccc(Br)cc1)c1cnc2ccccc2c1. The summed E-state index contributed by atoms with van der Waals surface area (Å²) in [6.07, 6.45) is 1.24. The Kier molecular flexibility index (Phi) is 4.58. The largest absolute Gasteiger partial charge is 0.387 e. The maximum atomic E-state index is 10.3. The lowest BCUT2D eigenvalue weighted by atomic mass is 10.1. The van der Waals surface area contributed by atoms with Crippen LogP contribution in [0.15, 0.2) is 70.2 Å². The number of hydrogen-bond donors (Lipinski definition) is 1. The molecule has 0 aliphatic carbocycles. The lowest BCUT2D eigenvalue weighted by Crippen LogP contribution is -2.01. The van der Waals surface area contributed by atoms with E-state index in [2.05, 4.69) is 20.9 Å². The number of rotatable bonds is 4. The maximum Gasteiger partial charge on any atom is 0.0898 e. The van der Waals surface area contributed by atoms with Gasteiger partial charge in [0.1, 0.15) is 0 Å². The highest BCUT2D eigenvalue weighted by atomic mass is 79.9. The van der Waals surface area contributed by atoms with Gasteiger partial charge in [-0.05, 0) is 36.4 Å².